The number of aryl methyl sites for hydroxylation is 2. The van der Waals surface area contributed by atoms with E-state index in [9.17, 15) is 13.2 Å². The van der Waals surface area contributed by atoms with E-state index < -0.39 is 16.1 Å². The molecule has 0 saturated heterocycles. The fourth-order valence-corrected chi connectivity index (χ4v) is 4.15. The van der Waals surface area contributed by atoms with Crippen LogP contribution in [0.25, 0.3) is 0 Å². The molecule has 1 aromatic heterocycles. The standard InChI is InChI=1S/C15H29N5O3S.ClH/c1-6-7-8-13(9-16)17-15(21)11(3)19-24(22,23)14-10(2)18-20(5)12(14)4;/h11,13,19H,6-9,16H2,1-5H3,(H,17,21);1H. The molecule has 0 fully saturated rings. The quantitative estimate of drug-likeness (QED) is 0.570. The number of unbranched alkanes of at least 4 members (excludes halogenated alkanes) is 1. The minimum atomic E-state index is -3.83. The van der Waals surface area contributed by atoms with Gasteiger partial charge in [-0.15, -0.1) is 12.4 Å². The van der Waals surface area contributed by atoms with Crippen LogP contribution in [0.4, 0.5) is 0 Å². The van der Waals surface area contributed by atoms with Crippen molar-refractivity contribution in [2.24, 2.45) is 12.8 Å². The summed E-state index contributed by atoms with van der Waals surface area (Å²) in [5, 5.41) is 6.90. The highest BCUT2D eigenvalue weighted by atomic mass is 35.5. The van der Waals surface area contributed by atoms with Crippen molar-refractivity contribution < 1.29 is 13.2 Å². The zero-order chi connectivity index (χ0) is 18.5. The average Bonchev–Trinajstić information content (AvgIpc) is 2.76. The number of sulfonamides is 1. The van der Waals surface area contributed by atoms with Gasteiger partial charge in [0, 0.05) is 19.6 Å². The fourth-order valence-electron chi connectivity index (χ4n) is 2.51. The number of hydrogen-bond donors (Lipinski definition) is 3. The van der Waals surface area contributed by atoms with E-state index in [1.165, 1.54) is 11.6 Å². The van der Waals surface area contributed by atoms with Gasteiger partial charge in [-0.25, -0.2) is 8.42 Å². The summed E-state index contributed by atoms with van der Waals surface area (Å²) >= 11 is 0. The molecule has 0 spiro atoms. The van der Waals surface area contributed by atoms with E-state index in [-0.39, 0.29) is 29.3 Å². The summed E-state index contributed by atoms with van der Waals surface area (Å²) in [4.78, 5) is 12.4. The molecule has 4 N–H and O–H groups in total. The van der Waals surface area contributed by atoms with E-state index >= 15 is 0 Å². The van der Waals surface area contributed by atoms with Crippen LogP contribution in [-0.2, 0) is 21.9 Å². The minimum Gasteiger partial charge on any atom is -0.351 e. The first-order chi connectivity index (χ1) is 11.1. The van der Waals surface area contributed by atoms with Crippen LogP contribution in [0, 0.1) is 13.8 Å². The second-order valence-electron chi connectivity index (χ2n) is 6.05. The van der Waals surface area contributed by atoms with Crippen LogP contribution < -0.4 is 15.8 Å². The Labute approximate surface area is 156 Å². The average molecular weight is 396 g/mol. The first kappa shape index (κ1) is 23.8. The second-order valence-corrected chi connectivity index (χ2v) is 7.70. The van der Waals surface area contributed by atoms with Crippen LogP contribution >= 0.6 is 12.4 Å². The number of nitrogens with two attached hydrogens (primary N) is 1. The van der Waals surface area contributed by atoms with Gasteiger partial charge in [-0.2, -0.15) is 9.82 Å². The van der Waals surface area contributed by atoms with Gasteiger partial charge in [0.25, 0.3) is 0 Å². The highest BCUT2D eigenvalue weighted by Gasteiger charge is 2.28. The molecule has 0 aliphatic rings. The predicted molar refractivity (Wildman–Crippen MR) is 100 cm³/mol. The molecule has 2 unspecified atom stereocenters. The molecule has 0 saturated carbocycles. The molecule has 1 aromatic rings. The lowest BCUT2D eigenvalue weighted by Gasteiger charge is -2.20. The van der Waals surface area contributed by atoms with Crippen molar-refractivity contribution in [3.63, 3.8) is 0 Å². The van der Waals surface area contributed by atoms with Crippen molar-refractivity contribution in [1.29, 1.82) is 0 Å². The maximum atomic E-state index is 12.6. The molecule has 1 rings (SSSR count). The largest absolute Gasteiger partial charge is 0.351 e. The third-order valence-electron chi connectivity index (χ3n) is 3.97. The summed E-state index contributed by atoms with van der Waals surface area (Å²) in [7, 11) is -2.15. The maximum absolute atomic E-state index is 12.6. The summed E-state index contributed by atoms with van der Waals surface area (Å²) in [6.07, 6.45) is 2.74. The zero-order valence-electron chi connectivity index (χ0n) is 15.5. The Bertz CT molecular complexity index is 675. The SMILES string of the molecule is CCCCC(CN)NC(=O)C(C)NS(=O)(=O)c1c(C)nn(C)c1C.Cl. The monoisotopic (exact) mass is 395 g/mol. The van der Waals surface area contributed by atoms with Gasteiger partial charge >= 0.3 is 0 Å². The Kier molecular flexibility index (Phi) is 9.63. The van der Waals surface area contributed by atoms with Crippen molar-refractivity contribution in [3.8, 4) is 0 Å². The van der Waals surface area contributed by atoms with Gasteiger partial charge < -0.3 is 11.1 Å². The van der Waals surface area contributed by atoms with E-state index in [2.05, 4.69) is 22.1 Å². The van der Waals surface area contributed by atoms with Crippen LogP contribution in [0.3, 0.4) is 0 Å². The van der Waals surface area contributed by atoms with Crippen LogP contribution in [-0.4, -0.2) is 42.7 Å². The molecule has 0 aliphatic carbocycles. The van der Waals surface area contributed by atoms with Gasteiger partial charge in [-0.05, 0) is 27.2 Å². The summed E-state index contributed by atoms with van der Waals surface area (Å²) in [6.45, 7) is 7.20. The molecule has 1 amide bonds. The highest BCUT2D eigenvalue weighted by molar-refractivity contribution is 7.89. The number of nitrogens with one attached hydrogen (secondary N) is 2. The number of hydrogen-bond acceptors (Lipinski definition) is 5. The molecule has 8 nitrogen and oxygen atoms in total. The predicted octanol–water partition coefficient (Wildman–Crippen LogP) is 0.759. The molecule has 0 aliphatic heterocycles. The Morgan fingerprint density at radius 3 is 2.40 bits per heavy atom. The highest BCUT2D eigenvalue weighted by Crippen LogP contribution is 2.18. The van der Waals surface area contributed by atoms with E-state index in [0.717, 1.165) is 19.3 Å². The molecule has 2 atom stereocenters. The van der Waals surface area contributed by atoms with Gasteiger partial charge in [-0.1, -0.05) is 19.8 Å². The lowest BCUT2D eigenvalue weighted by Crippen LogP contribution is -2.50. The number of carbonyl (C=O) groups is 1. The van der Waals surface area contributed by atoms with Gasteiger partial charge in [0.15, 0.2) is 0 Å². The van der Waals surface area contributed by atoms with Crippen LogP contribution in [0.5, 0.6) is 0 Å². The Morgan fingerprint density at radius 1 is 1.36 bits per heavy atom. The van der Waals surface area contributed by atoms with E-state index in [1.807, 2.05) is 0 Å². The van der Waals surface area contributed by atoms with Gasteiger partial charge in [0.1, 0.15) is 4.90 Å². The first-order valence-corrected chi connectivity index (χ1v) is 9.65. The van der Waals surface area contributed by atoms with E-state index in [4.69, 9.17) is 5.73 Å². The molecule has 146 valence electrons. The normalized spacial score (nSPS) is 13.8. The molecule has 0 aromatic carbocycles. The lowest BCUT2D eigenvalue weighted by atomic mass is 10.1. The van der Waals surface area contributed by atoms with Gasteiger partial charge in [0.05, 0.1) is 17.4 Å². The van der Waals surface area contributed by atoms with Crippen molar-refractivity contribution in [2.75, 3.05) is 6.54 Å². The summed E-state index contributed by atoms with van der Waals surface area (Å²) in [5.74, 6) is -0.385. The molecular weight excluding hydrogens is 366 g/mol. The third-order valence-corrected chi connectivity index (χ3v) is 5.77. The number of carbonyl (C=O) groups excluding carboxylic acids is 1. The second kappa shape index (κ2) is 10.1. The number of amides is 1. The van der Waals surface area contributed by atoms with E-state index in [0.29, 0.717) is 17.9 Å². The van der Waals surface area contributed by atoms with Crippen molar-refractivity contribution in [3.05, 3.63) is 11.4 Å². The van der Waals surface area contributed by atoms with E-state index in [1.54, 1.807) is 20.9 Å². The molecule has 0 bridgehead atoms. The summed E-state index contributed by atoms with van der Waals surface area (Å²) in [5.41, 5.74) is 6.58. The topological polar surface area (TPSA) is 119 Å². The Morgan fingerprint density at radius 2 is 1.96 bits per heavy atom. The van der Waals surface area contributed by atoms with Crippen molar-refractivity contribution in [2.45, 2.75) is 63.9 Å². The Balaban J connectivity index is 0.00000576. The number of rotatable bonds is 9. The maximum Gasteiger partial charge on any atom is 0.244 e. The fraction of sp³-hybridized carbons (Fsp3) is 0.733. The zero-order valence-corrected chi connectivity index (χ0v) is 17.1. The minimum absolute atomic E-state index is 0. The number of nitrogens with zero attached hydrogens (tertiary/aromatic N) is 2. The molecule has 1 heterocycles. The van der Waals surface area contributed by atoms with Gasteiger partial charge in [0.2, 0.25) is 15.9 Å². The molecule has 10 heteroatoms. The molecule has 25 heavy (non-hydrogen) atoms. The first-order valence-electron chi connectivity index (χ1n) is 8.17. The summed E-state index contributed by atoms with van der Waals surface area (Å²) in [6, 6.07) is -1.05. The van der Waals surface area contributed by atoms with Crippen LogP contribution in [0.2, 0.25) is 0 Å². The Hall–Kier alpha value is -1.16. The number of halogens is 1. The molecule has 0 radical (unpaired) electrons. The van der Waals surface area contributed by atoms with Crippen LogP contribution in [0.1, 0.15) is 44.5 Å². The summed E-state index contributed by atoms with van der Waals surface area (Å²) < 4.78 is 29.0. The smallest absolute Gasteiger partial charge is 0.244 e. The number of aromatic nitrogens is 2. The van der Waals surface area contributed by atoms with Crippen molar-refractivity contribution >= 4 is 28.3 Å². The third kappa shape index (κ3) is 6.25. The van der Waals surface area contributed by atoms with Gasteiger partial charge in [-0.3, -0.25) is 9.48 Å². The molecular formula is C15H30ClN5O3S. The lowest BCUT2D eigenvalue weighted by molar-refractivity contribution is -0.123. The van der Waals surface area contributed by atoms with Crippen molar-refractivity contribution in [1.82, 2.24) is 19.8 Å². The van der Waals surface area contributed by atoms with Crippen LogP contribution in [0.15, 0.2) is 4.90 Å².